The molecule has 5 heteroatoms. The van der Waals surface area contributed by atoms with Gasteiger partial charge in [-0.05, 0) is 12.1 Å². The molecule has 1 rings (SSSR count). The minimum Gasteiger partial charge on any atom is -0.545 e. The van der Waals surface area contributed by atoms with Crippen molar-refractivity contribution in [2.24, 2.45) is 0 Å². The Balaban J connectivity index is 0.00000169. The number of carbonyl (C=O) groups excluding carboxylic acids is 1. The van der Waals surface area contributed by atoms with E-state index >= 15 is 0 Å². The molecule has 0 atom stereocenters. The monoisotopic (exact) mass is 199 g/mol. The van der Waals surface area contributed by atoms with Gasteiger partial charge in [-0.1, -0.05) is 0 Å². The summed E-state index contributed by atoms with van der Waals surface area (Å²) in [6.07, 6.45) is 0. The smallest absolute Gasteiger partial charge is 0.123 e. The van der Waals surface area contributed by atoms with Crippen LogP contribution in [0.15, 0.2) is 18.2 Å². The van der Waals surface area contributed by atoms with Crippen LogP contribution < -0.4 is 20.7 Å². The highest BCUT2D eigenvalue weighted by molar-refractivity contribution is 5.86. The van der Waals surface area contributed by atoms with Crippen LogP contribution in [0.25, 0.3) is 0 Å². The second-order valence-corrected chi connectivity index (χ2v) is 2.39. The van der Waals surface area contributed by atoms with E-state index in [1.165, 1.54) is 26.4 Å². The van der Waals surface area contributed by atoms with Crippen LogP contribution in [0.5, 0.6) is 11.5 Å². The molecule has 1 aromatic carbocycles. The minimum absolute atomic E-state index is 0. The quantitative estimate of drug-likeness (QED) is 0.764. The van der Waals surface area contributed by atoms with Gasteiger partial charge in [0.1, 0.15) is 11.5 Å². The fourth-order valence-electron chi connectivity index (χ4n) is 0.925. The van der Waals surface area contributed by atoms with Crippen molar-refractivity contribution in [1.29, 1.82) is 0 Å². The van der Waals surface area contributed by atoms with Crippen molar-refractivity contribution in [3.8, 4) is 11.5 Å². The van der Waals surface area contributed by atoms with Crippen molar-refractivity contribution in [2.75, 3.05) is 14.2 Å². The Morgan fingerprint density at radius 1 is 1.14 bits per heavy atom. The first kappa shape index (κ1) is 12.2. The number of carboxylic acids is 1. The third-order valence-electron chi connectivity index (χ3n) is 1.59. The fraction of sp³-hybridized carbons (Fsp3) is 0.222. The van der Waals surface area contributed by atoms with Gasteiger partial charge in [0.15, 0.2) is 0 Å². The number of carbonyl (C=O) groups is 1. The third-order valence-corrected chi connectivity index (χ3v) is 1.59. The molecule has 0 radical (unpaired) electrons. The Morgan fingerprint density at radius 3 is 1.86 bits per heavy atom. The molecule has 0 heterocycles. The second-order valence-electron chi connectivity index (χ2n) is 2.39. The first-order valence-electron chi connectivity index (χ1n) is 3.62. The van der Waals surface area contributed by atoms with Gasteiger partial charge < -0.3 is 25.5 Å². The number of rotatable bonds is 3. The fourth-order valence-corrected chi connectivity index (χ4v) is 0.925. The van der Waals surface area contributed by atoms with E-state index in [9.17, 15) is 9.90 Å². The summed E-state index contributed by atoms with van der Waals surface area (Å²) in [7, 11) is 2.90. The van der Waals surface area contributed by atoms with Crippen molar-refractivity contribution in [3.05, 3.63) is 23.8 Å². The third kappa shape index (κ3) is 2.63. The summed E-state index contributed by atoms with van der Waals surface area (Å²) >= 11 is 0. The molecule has 0 spiro atoms. The van der Waals surface area contributed by atoms with E-state index in [0.717, 1.165) is 0 Å². The van der Waals surface area contributed by atoms with E-state index in [1.54, 1.807) is 6.07 Å². The van der Waals surface area contributed by atoms with Crippen LogP contribution in [-0.4, -0.2) is 20.2 Å². The van der Waals surface area contributed by atoms with E-state index in [2.05, 4.69) is 0 Å². The summed E-state index contributed by atoms with van der Waals surface area (Å²) in [5.74, 6) is -0.394. The highest BCUT2D eigenvalue weighted by Crippen LogP contribution is 2.21. The standard InChI is InChI=1S/C9H10O4.H3N/c1-12-7-3-6(9(10)11)4-8(5-7)13-2;/h3-5H,1-2H3,(H,10,11);1H3. The Kier molecular flexibility index (Phi) is 4.45. The number of methoxy groups -OCH3 is 2. The molecule has 1 aromatic rings. The van der Waals surface area contributed by atoms with Crippen molar-refractivity contribution in [1.82, 2.24) is 6.15 Å². The molecule has 0 unspecified atom stereocenters. The van der Waals surface area contributed by atoms with Crippen molar-refractivity contribution in [3.63, 3.8) is 0 Å². The number of hydrogen-bond acceptors (Lipinski definition) is 4. The molecular formula is C9H13NO4. The van der Waals surface area contributed by atoms with Crippen LogP contribution in [0.4, 0.5) is 0 Å². The van der Waals surface area contributed by atoms with Crippen LogP contribution in [0.2, 0.25) is 0 Å². The Labute approximate surface area is 81.8 Å². The van der Waals surface area contributed by atoms with Gasteiger partial charge in [0.05, 0.1) is 20.2 Å². The molecule has 0 aliphatic heterocycles. The number of hydrogen-bond donors (Lipinski definition) is 1. The molecular weight excluding hydrogens is 186 g/mol. The van der Waals surface area contributed by atoms with Crippen molar-refractivity contribution in [2.45, 2.75) is 0 Å². The molecule has 0 saturated carbocycles. The minimum atomic E-state index is -1.25. The normalized spacial score (nSPS) is 8.71. The lowest BCUT2D eigenvalue weighted by atomic mass is 10.2. The summed E-state index contributed by atoms with van der Waals surface area (Å²) < 4.78 is 9.75. The number of ether oxygens (including phenoxy) is 2. The summed E-state index contributed by atoms with van der Waals surface area (Å²) in [5.41, 5.74) is 0.0381. The molecule has 78 valence electrons. The Hall–Kier alpha value is -1.75. The van der Waals surface area contributed by atoms with Crippen LogP contribution in [0, 0.1) is 0 Å². The number of quaternary nitrogens is 1. The van der Waals surface area contributed by atoms with E-state index in [-0.39, 0.29) is 11.7 Å². The zero-order valence-corrected chi connectivity index (χ0v) is 8.37. The molecule has 4 N–H and O–H groups in total. The lowest BCUT2D eigenvalue weighted by Gasteiger charge is -2.08. The van der Waals surface area contributed by atoms with Gasteiger partial charge in [-0.3, -0.25) is 0 Å². The first-order valence-corrected chi connectivity index (χ1v) is 3.62. The first-order chi connectivity index (χ1) is 6.17. The van der Waals surface area contributed by atoms with Crippen LogP contribution in [0.1, 0.15) is 10.4 Å². The van der Waals surface area contributed by atoms with Crippen LogP contribution in [-0.2, 0) is 0 Å². The van der Waals surface area contributed by atoms with Crippen molar-refractivity contribution >= 4 is 5.97 Å². The lowest BCUT2D eigenvalue weighted by Crippen LogP contribution is -2.22. The van der Waals surface area contributed by atoms with Gasteiger partial charge in [-0.15, -0.1) is 0 Å². The molecule has 14 heavy (non-hydrogen) atoms. The average Bonchev–Trinajstić information content (AvgIpc) is 2.16. The predicted octanol–water partition coefficient (Wildman–Crippen LogP) is 0.443. The summed E-state index contributed by atoms with van der Waals surface area (Å²) in [6, 6.07) is 4.34. The zero-order chi connectivity index (χ0) is 9.84. The van der Waals surface area contributed by atoms with E-state index in [4.69, 9.17) is 9.47 Å². The lowest BCUT2D eigenvalue weighted by molar-refractivity contribution is -0.255. The summed E-state index contributed by atoms with van der Waals surface area (Å²) in [5, 5.41) is 10.5. The molecule has 5 nitrogen and oxygen atoms in total. The molecule has 0 bridgehead atoms. The van der Waals surface area contributed by atoms with Gasteiger partial charge in [0.2, 0.25) is 0 Å². The van der Waals surface area contributed by atoms with Gasteiger partial charge in [0, 0.05) is 11.6 Å². The Morgan fingerprint density at radius 2 is 1.57 bits per heavy atom. The number of benzene rings is 1. The van der Waals surface area contributed by atoms with E-state index in [0.29, 0.717) is 11.5 Å². The molecule has 0 saturated heterocycles. The molecule has 0 aliphatic carbocycles. The Bertz CT molecular complexity index is 302. The maximum atomic E-state index is 10.5. The van der Waals surface area contributed by atoms with Crippen LogP contribution >= 0.6 is 0 Å². The molecule has 0 aliphatic rings. The molecule has 0 aromatic heterocycles. The average molecular weight is 199 g/mol. The molecule has 0 amide bonds. The molecule has 0 fully saturated rings. The maximum Gasteiger partial charge on any atom is 0.123 e. The van der Waals surface area contributed by atoms with Gasteiger partial charge >= 0.3 is 0 Å². The predicted molar refractivity (Wildman–Crippen MR) is 49.9 cm³/mol. The highest BCUT2D eigenvalue weighted by atomic mass is 16.5. The van der Waals surface area contributed by atoms with E-state index < -0.39 is 5.97 Å². The SMILES string of the molecule is COc1cc(OC)cc(C(=O)[O-])c1.[NH4+]. The second kappa shape index (κ2) is 5.08. The number of carboxylic acid groups (broad SMARTS) is 1. The maximum absolute atomic E-state index is 10.5. The largest absolute Gasteiger partial charge is 0.545 e. The van der Waals surface area contributed by atoms with Crippen molar-refractivity contribution < 1.29 is 19.4 Å². The summed E-state index contributed by atoms with van der Waals surface area (Å²) in [4.78, 5) is 10.5. The van der Waals surface area contributed by atoms with Gasteiger partial charge in [-0.25, -0.2) is 0 Å². The van der Waals surface area contributed by atoms with Crippen LogP contribution in [0.3, 0.4) is 0 Å². The highest BCUT2D eigenvalue weighted by Gasteiger charge is 2.01. The number of aromatic carboxylic acids is 1. The van der Waals surface area contributed by atoms with E-state index in [1.807, 2.05) is 0 Å². The van der Waals surface area contributed by atoms with Gasteiger partial charge in [-0.2, -0.15) is 0 Å². The topological polar surface area (TPSA) is 95.1 Å². The summed E-state index contributed by atoms with van der Waals surface area (Å²) in [6.45, 7) is 0. The zero-order valence-electron chi connectivity index (χ0n) is 8.37. The van der Waals surface area contributed by atoms with Gasteiger partial charge in [0.25, 0.3) is 0 Å².